The number of nitrogens with one attached hydrogen (secondary N) is 2. The van der Waals surface area contributed by atoms with E-state index >= 15 is 0 Å². The quantitative estimate of drug-likeness (QED) is 0.736. The van der Waals surface area contributed by atoms with Gasteiger partial charge in [-0.25, -0.2) is 8.42 Å². The second-order valence-electron chi connectivity index (χ2n) is 8.53. The number of nitrogens with zero attached hydrogens (tertiary/aromatic N) is 2. The standard InChI is InChI=1S/C19H30N4O4S/c1-13-9-16(21-19(24)17-10-18(27-22-17)15-4-5-15)6-8-23(13)28(25,26)12-14-3-2-7-20-11-14/h10,13-16,20H,2-9,11-12H2,1H3,(H,21,24)/t13-,14+,16-/m0/s1. The number of rotatable bonds is 6. The highest BCUT2D eigenvalue weighted by atomic mass is 32.2. The minimum atomic E-state index is -3.28. The smallest absolute Gasteiger partial charge is 0.273 e. The van der Waals surface area contributed by atoms with E-state index in [0.29, 0.717) is 31.0 Å². The molecule has 0 aromatic carbocycles. The summed E-state index contributed by atoms with van der Waals surface area (Å²) >= 11 is 0. The molecule has 2 saturated heterocycles. The molecule has 0 spiro atoms. The molecule has 0 unspecified atom stereocenters. The van der Waals surface area contributed by atoms with E-state index < -0.39 is 10.0 Å². The van der Waals surface area contributed by atoms with Gasteiger partial charge in [0.1, 0.15) is 5.76 Å². The molecule has 4 rings (SSSR count). The lowest BCUT2D eigenvalue weighted by Crippen LogP contribution is -2.52. The van der Waals surface area contributed by atoms with E-state index in [9.17, 15) is 13.2 Å². The average molecular weight is 411 g/mol. The summed E-state index contributed by atoms with van der Waals surface area (Å²) in [6.07, 6.45) is 5.42. The first-order chi connectivity index (χ1) is 13.4. The molecular weight excluding hydrogens is 380 g/mol. The Labute approximate surface area is 166 Å². The molecule has 1 aromatic heterocycles. The third kappa shape index (κ3) is 4.58. The number of hydrogen-bond donors (Lipinski definition) is 2. The highest BCUT2D eigenvalue weighted by Crippen LogP contribution is 2.40. The molecule has 3 heterocycles. The molecule has 2 N–H and O–H groups in total. The van der Waals surface area contributed by atoms with Gasteiger partial charge in [0, 0.05) is 30.6 Å². The van der Waals surface area contributed by atoms with Crippen molar-refractivity contribution in [2.24, 2.45) is 5.92 Å². The Bertz CT molecular complexity index is 799. The van der Waals surface area contributed by atoms with Crippen molar-refractivity contribution in [2.45, 2.75) is 63.5 Å². The molecule has 3 fully saturated rings. The highest BCUT2D eigenvalue weighted by Gasteiger charge is 2.36. The Hall–Kier alpha value is -1.45. The Kier molecular flexibility index (Phi) is 5.76. The molecule has 0 radical (unpaired) electrons. The summed E-state index contributed by atoms with van der Waals surface area (Å²) in [5.74, 6) is 1.37. The highest BCUT2D eigenvalue weighted by molar-refractivity contribution is 7.89. The van der Waals surface area contributed by atoms with Gasteiger partial charge in [0.25, 0.3) is 5.91 Å². The number of aromatic nitrogens is 1. The van der Waals surface area contributed by atoms with Crippen LogP contribution in [0.25, 0.3) is 0 Å². The van der Waals surface area contributed by atoms with Crippen LogP contribution in [0, 0.1) is 5.92 Å². The fraction of sp³-hybridized carbons (Fsp3) is 0.789. The lowest BCUT2D eigenvalue weighted by Gasteiger charge is -2.37. The summed E-state index contributed by atoms with van der Waals surface area (Å²) in [6, 6.07) is 1.56. The van der Waals surface area contributed by atoms with Crippen LogP contribution in [0.4, 0.5) is 0 Å². The van der Waals surface area contributed by atoms with Crippen LogP contribution in [-0.4, -0.2) is 61.3 Å². The summed E-state index contributed by atoms with van der Waals surface area (Å²) in [4.78, 5) is 12.4. The largest absolute Gasteiger partial charge is 0.360 e. The molecule has 1 aromatic rings. The molecule has 9 heteroatoms. The van der Waals surface area contributed by atoms with E-state index in [2.05, 4.69) is 15.8 Å². The average Bonchev–Trinajstić information content (AvgIpc) is 3.38. The zero-order chi connectivity index (χ0) is 19.7. The molecule has 1 saturated carbocycles. The van der Waals surface area contributed by atoms with Gasteiger partial charge in [-0.2, -0.15) is 4.31 Å². The zero-order valence-electron chi connectivity index (χ0n) is 16.4. The van der Waals surface area contributed by atoms with Crippen LogP contribution in [0.5, 0.6) is 0 Å². The maximum absolute atomic E-state index is 12.9. The molecule has 3 atom stereocenters. The minimum Gasteiger partial charge on any atom is -0.360 e. The third-order valence-electron chi connectivity index (χ3n) is 6.09. The number of hydrogen-bond acceptors (Lipinski definition) is 6. The summed E-state index contributed by atoms with van der Waals surface area (Å²) in [5.41, 5.74) is 0.314. The Morgan fingerprint density at radius 1 is 1.36 bits per heavy atom. The van der Waals surface area contributed by atoms with Gasteiger partial charge in [-0.3, -0.25) is 4.79 Å². The molecule has 0 bridgehead atoms. The SMILES string of the molecule is C[C@H]1C[C@@H](NC(=O)c2cc(C3CC3)on2)CCN1S(=O)(=O)C[C@@H]1CCCNC1. The summed E-state index contributed by atoms with van der Waals surface area (Å²) < 4.78 is 32.6. The molecular formula is C19H30N4O4S. The minimum absolute atomic E-state index is 0.0497. The van der Waals surface area contributed by atoms with Crippen LogP contribution in [0.2, 0.25) is 0 Å². The zero-order valence-corrected chi connectivity index (χ0v) is 17.2. The van der Waals surface area contributed by atoms with E-state index in [4.69, 9.17) is 4.52 Å². The van der Waals surface area contributed by atoms with E-state index in [1.54, 1.807) is 10.4 Å². The summed E-state index contributed by atoms with van der Waals surface area (Å²) in [7, 11) is -3.28. The normalized spacial score (nSPS) is 29.5. The lowest BCUT2D eigenvalue weighted by atomic mass is 10.0. The van der Waals surface area contributed by atoms with Crippen molar-refractivity contribution in [2.75, 3.05) is 25.4 Å². The van der Waals surface area contributed by atoms with Gasteiger partial charge < -0.3 is 15.2 Å². The first-order valence-corrected chi connectivity index (χ1v) is 12.0. The second-order valence-corrected chi connectivity index (χ2v) is 10.5. The van der Waals surface area contributed by atoms with Gasteiger partial charge in [-0.1, -0.05) is 5.16 Å². The molecule has 8 nitrogen and oxygen atoms in total. The van der Waals surface area contributed by atoms with Crippen LogP contribution in [0.3, 0.4) is 0 Å². The maximum atomic E-state index is 12.9. The molecule has 1 aliphatic carbocycles. The van der Waals surface area contributed by atoms with Crippen molar-refractivity contribution in [3.05, 3.63) is 17.5 Å². The molecule has 28 heavy (non-hydrogen) atoms. The van der Waals surface area contributed by atoms with Gasteiger partial charge in [0.2, 0.25) is 10.0 Å². The second kappa shape index (κ2) is 8.12. The van der Waals surface area contributed by atoms with Crippen LogP contribution >= 0.6 is 0 Å². The number of carbonyl (C=O) groups is 1. The van der Waals surface area contributed by atoms with Crippen LogP contribution in [-0.2, 0) is 10.0 Å². The predicted octanol–water partition coefficient (Wildman–Crippen LogP) is 1.46. The number of amides is 1. The van der Waals surface area contributed by atoms with Gasteiger partial charge in [-0.05, 0) is 64.5 Å². The van der Waals surface area contributed by atoms with E-state index in [-0.39, 0.29) is 29.7 Å². The Morgan fingerprint density at radius 2 is 2.18 bits per heavy atom. The van der Waals surface area contributed by atoms with E-state index in [1.807, 2.05) is 6.92 Å². The van der Waals surface area contributed by atoms with Crippen molar-refractivity contribution in [3.63, 3.8) is 0 Å². The predicted molar refractivity (Wildman–Crippen MR) is 105 cm³/mol. The molecule has 2 aliphatic heterocycles. The van der Waals surface area contributed by atoms with Crippen molar-refractivity contribution < 1.29 is 17.7 Å². The monoisotopic (exact) mass is 410 g/mol. The maximum Gasteiger partial charge on any atom is 0.273 e. The van der Waals surface area contributed by atoms with Gasteiger partial charge in [0.15, 0.2) is 5.69 Å². The number of sulfonamides is 1. The van der Waals surface area contributed by atoms with Crippen molar-refractivity contribution >= 4 is 15.9 Å². The summed E-state index contributed by atoms with van der Waals surface area (Å²) in [5, 5.41) is 10.2. The lowest BCUT2D eigenvalue weighted by molar-refractivity contribution is 0.0905. The Morgan fingerprint density at radius 3 is 2.86 bits per heavy atom. The van der Waals surface area contributed by atoms with Gasteiger partial charge in [-0.15, -0.1) is 0 Å². The summed E-state index contributed by atoms with van der Waals surface area (Å²) in [6.45, 7) is 4.13. The van der Waals surface area contributed by atoms with Crippen molar-refractivity contribution in [3.8, 4) is 0 Å². The fourth-order valence-corrected chi connectivity index (χ4v) is 6.46. The Balaban J connectivity index is 1.30. The number of piperidine rings is 2. The van der Waals surface area contributed by atoms with Crippen LogP contribution in [0.1, 0.15) is 67.6 Å². The van der Waals surface area contributed by atoms with Crippen molar-refractivity contribution in [1.82, 2.24) is 20.1 Å². The van der Waals surface area contributed by atoms with Gasteiger partial charge >= 0.3 is 0 Å². The fourth-order valence-electron chi connectivity index (χ4n) is 4.37. The first kappa shape index (κ1) is 19.8. The third-order valence-corrected chi connectivity index (χ3v) is 8.24. The van der Waals surface area contributed by atoms with E-state index in [0.717, 1.165) is 44.5 Å². The molecule has 3 aliphatic rings. The number of carbonyl (C=O) groups excluding carboxylic acids is 1. The van der Waals surface area contributed by atoms with Crippen LogP contribution in [0.15, 0.2) is 10.6 Å². The molecule has 1 amide bonds. The molecule has 156 valence electrons. The van der Waals surface area contributed by atoms with Gasteiger partial charge in [0.05, 0.1) is 5.75 Å². The van der Waals surface area contributed by atoms with Crippen LogP contribution < -0.4 is 10.6 Å². The van der Waals surface area contributed by atoms with E-state index in [1.165, 1.54) is 0 Å². The topological polar surface area (TPSA) is 105 Å². The van der Waals surface area contributed by atoms with Crippen molar-refractivity contribution in [1.29, 1.82) is 0 Å². The first-order valence-electron chi connectivity index (χ1n) is 10.4.